The molecule has 29 heavy (non-hydrogen) atoms. The third kappa shape index (κ3) is 5.92. The highest BCUT2D eigenvalue weighted by Gasteiger charge is 2.20. The molecule has 1 saturated heterocycles. The molecule has 0 atom stereocenters. The average Bonchev–Trinajstić information content (AvgIpc) is 2.75. The molecule has 0 spiro atoms. The fourth-order valence-corrected chi connectivity index (χ4v) is 4.25. The SMILES string of the molecule is O=c1cc(CSc2ccccn2)nc(NC2CCN(Cc3ccccc3)CC2)[nH]1. The number of benzene rings is 1. The van der Waals surface area contributed by atoms with Gasteiger partial charge in [0.2, 0.25) is 5.95 Å². The second-order valence-corrected chi connectivity index (χ2v) is 8.22. The van der Waals surface area contributed by atoms with Crippen molar-refractivity contribution in [1.29, 1.82) is 0 Å². The molecule has 2 aromatic heterocycles. The van der Waals surface area contributed by atoms with Gasteiger partial charge in [-0.1, -0.05) is 36.4 Å². The van der Waals surface area contributed by atoms with Crippen LogP contribution < -0.4 is 10.9 Å². The van der Waals surface area contributed by atoms with E-state index in [4.69, 9.17) is 0 Å². The molecule has 1 fully saturated rings. The summed E-state index contributed by atoms with van der Waals surface area (Å²) in [6.07, 6.45) is 3.83. The van der Waals surface area contributed by atoms with E-state index in [1.165, 1.54) is 5.56 Å². The van der Waals surface area contributed by atoms with Gasteiger partial charge in [-0.25, -0.2) is 9.97 Å². The Morgan fingerprint density at radius 2 is 1.90 bits per heavy atom. The minimum absolute atomic E-state index is 0.124. The van der Waals surface area contributed by atoms with Gasteiger partial charge in [0.15, 0.2) is 0 Å². The molecule has 7 heteroatoms. The maximum Gasteiger partial charge on any atom is 0.252 e. The van der Waals surface area contributed by atoms with Crippen LogP contribution in [0.3, 0.4) is 0 Å². The Bertz CT molecular complexity index is 956. The van der Waals surface area contributed by atoms with Gasteiger partial charge >= 0.3 is 0 Å². The zero-order chi connectivity index (χ0) is 19.9. The van der Waals surface area contributed by atoms with Crippen LogP contribution in [0.2, 0.25) is 0 Å². The van der Waals surface area contributed by atoms with Crippen molar-refractivity contribution in [3.8, 4) is 0 Å². The molecule has 3 aromatic rings. The van der Waals surface area contributed by atoms with E-state index in [9.17, 15) is 4.79 Å². The Morgan fingerprint density at radius 3 is 2.66 bits per heavy atom. The highest BCUT2D eigenvalue weighted by molar-refractivity contribution is 7.98. The van der Waals surface area contributed by atoms with E-state index < -0.39 is 0 Å². The highest BCUT2D eigenvalue weighted by atomic mass is 32.2. The second-order valence-electron chi connectivity index (χ2n) is 7.22. The lowest BCUT2D eigenvalue weighted by Crippen LogP contribution is -2.39. The van der Waals surface area contributed by atoms with Crippen LogP contribution in [0.1, 0.15) is 24.1 Å². The number of aromatic amines is 1. The van der Waals surface area contributed by atoms with Crippen molar-refractivity contribution in [3.63, 3.8) is 0 Å². The summed E-state index contributed by atoms with van der Waals surface area (Å²) in [5.41, 5.74) is 1.98. The third-order valence-electron chi connectivity index (χ3n) is 4.98. The Labute approximate surface area is 174 Å². The maximum absolute atomic E-state index is 12.1. The second kappa shape index (κ2) is 9.71. The summed E-state index contributed by atoms with van der Waals surface area (Å²) in [5.74, 6) is 1.18. The first kappa shape index (κ1) is 19.7. The van der Waals surface area contributed by atoms with Crippen LogP contribution in [0, 0.1) is 0 Å². The number of thioether (sulfide) groups is 1. The molecule has 4 rings (SSSR count). The lowest BCUT2D eigenvalue weighted by Gasteiger charge is -2.32. The molecular weight excluding hydrogens is 382 g/mol. The normalized spacial score (nSPS) is 15.3. The van der Waals surface area contributed by atoms with E-state index in [1.807, 2.05) is 18.2 Å². The van der Waals surface area contributed by atoms with Crippen LogP contribution in [-0.2, 0) is 12.3 Å². The van der Waals surface area contributed by atoms with Gasteiger partial charge < -0.3 is 5.32 Å². The number of hydrogen-bond donors (Lipinski definition) is 2. The Balaban J connectivity index is 1.30. The molecule has 0 amide bonds. The Kier molecular flexibility index (Phi) is 6.59. The van der Waals surface area contributed by atoms with Crippen molar-refractivity contribution < 1.29 is 0 Å². The van der Waals surface area contributed by atoms with E-state index in [0.29, 0.717) is 17.7 Å². The molecule has 150 valence electrons. The minimum Gasteiger partial charge on any atom is -0.353 e. The average molecular weight is 408 g/mol. The van der Waals surface area contributed by atoms with Crippen LogP contribution in [0.25, 0.3) is 0 Å². The molecule has 3 heterocycles. The fourth-order valence-electron chi connectivity index (χ4n) is 3.50. The Morgan fingerprint density at radius 1 is 1.10 bits per heavy atom. The molecule has 1 aliphatic rings. The van der Waals surface area contributed by atoms with Crippen LogP contribution in [-0.4, -0.2) is 39.0 Å². The molecule has 0 unspecified atom stereocenters. The Hall–Kier alpha value is -2.64. The van der Waals surface area contributed by atoms with Gasteiger partial charge in [-0.3, -0.25) is 14.7 Å². The van der Waals surface area contributed by atoms with Gasteiger partial charge in [0.05, 0.1) is 10.7 Å². The molecule has 0 bridgehead atoms. The summed E-state index contributed by atoms with van der Waals surface area (Å²) >= 11 is 1.58. The summed E-state index contributed by atoms with van der Waals surface area (Å²) in [5, 5.41) is 4.35. The van der Waals surface area contributed by atoms with Crippen LogP contribution in [0.15, 0.2) is 70.6 Å². The maximum atomic E-state index is 12.1. The summed E-state index contributed by atoms with van der Waals surface area (Å²) in [6.45, 7) is 3.06. The van der Waals surface area contributed by atoms with Crippen molar-refractivity contribution in [1.82, 2.24) is 19.9 Å². The van der Waals surface area contributed by atoms with Crippen molar-refractivity contribution >= 4 is 17.7 Å². The fraction of sp³-hybridized carbons (Fsp3) is 0.318. The molecular formula is C22H25N5OS. The number of piperidine rings is 1. The van der Waals surface area contributed by atoms with Gasteiger partial charge in [0.1, 0.15) is 0 Å². The zero-order valence-corrected chi connectivity index (χ0v) is 17.1. The molecule has 1 aliphatic heterocycles. The quantitative estimate of drug-likeness (QED) is 0.584. The molecule has 0 saturated carbocycles. The van der Waals surface area contributed by atoms with E-state index in [1.54, 1.807) is 24.0 Å². The predicted octanol–water partition coefficient (Wildman–Crippen LogP) is 3.53. The summed E-state index contributed by atoms with van der Waals surface area (Å²) in [4.78, 5) is 26.3. The number of hydrogen-bond acceptors (Lipinski definition) is 6. The third-order valence-corrected chi connectivity index (χ3v) is 5.96. The molecule has 6 nitrogen and oxygen atoms in total. The first-order chi connectivity index (χ1) is 14.2. The van der Waals surface area contributed by atoms with Crippen molar-refractivity contribution in [2.75, 3.05) is 18.4 Å². The molecule has 2 N–H and O–H groups in total. The topological polar surface area (TPSA) is 73.9 Å². The van der Waals surface area contributed by atoms with Gasteiger partial charge in [-0.2, -0.15) is 0 Å². The van der Waals surface area contributed by atoms with Crippen molar-refractivity contribution in [3.05, 3.63) is 82.4 Å². The van der Waals surface area contributed by atoms with Gasteiger partial charge in [-0.15, -0.1) is 11.8 Å². The van der Waals surface area contributed by atoms with Crippen LogP contribution >= 0.6 is 11.8 Å². The number of nitrogens with zero attached hydrogens (tertiary/aromatic N) is 3. The smallest absolute Gasteiger partial charge is 0.252 e. The van der Waals surface area contributed by atoms with E-state index in [2.05, 4.69) is 55.5 Å². The number of likely N-dealkylation sites (tertiary alicyclic amines) is 1. The minimum atomic E-state index is -0.124. The number of H-pyrrole nitrogens is 1. The molecule has 0 radical (unpaired) electrons. The predicted molar refractivity (Wildman–Crippen MR) is 117 cm³/mol. The largest absolute Gasteiger partial charge is 0.353 e. The number of rotatable bonds is 7. The highest BCUT2D eigenvalue weighted by Crippen LogP contribution is 2.20. The number of nitrogens with one attached hydrogen (secondary N) is 2. The van der Waals surface area contributed by atoms with E-state index in [0.717, 1.165) is 43.2 Å². The first-order valence-electron chi connectivity index (χ1n) is 9.91. The molecule has 0 aliphatic carbocycles. The lowest BCUT2D eigenvalue weighted by atomic mass is 10.0. The number of pyridine rings is 1. The monoisotopic (exact) mass is 407 g/mol. The number of aromatic nitrogens is 3. The van der Waals surface area contributed by atoms with Gasteiger partial charge in [0, 0.05) is 43.7 Å². The van der Waals surface area contributed by atoms with Crippen molar-refractivity contribution in [2.45, 2.75) is 36.2 Å². The summed E-state index contributed by atoms with van der Waals surface area (Å²) in [6, 6.07) is 18.3. The summed E-state index contributed by atoms with van der Waals surface area (Å²) < 4.78 is 0. The lowest BCUT2D eigenvalue weighted by molar-refractivity contribution is 0.211. The number of anilines is 1. The van der Waals surface area contributed by atoms with Gasteiger partial charge in [-0.05, 0) is 30.5 Å². The van der Waals surface area contributed by atoms with E-state index >= 15 is 0 Å². The van der Waals surface area contributed by atoms with Gasteiger partial charge in [0.25, 0.3) is 5.56 Å². The standard InChI is InChI=1S/C22H25N5OS/c28-20-14-19(16-29-21-8-4-5-11-23-21)25-22(26-20)24-18-9-12-27(13-10-18)15-17-6-2-1-3-7-17/h1-8,11,14,18H,9-10,12-13,15-16H2,(H2,24,25,26,28). The van der Waals surface area contributed by atoms with Crippen LogP contribution in [0.5, 0.6) is 0 Å². The van der Waals surface area contributed by atoms with Crippen LogP contribution in [0.4, 0.5) is 5.95 Å². The molecule has 1 aromatic carbocycles. The first-order valence-corrected chi connectivity index (χ1v) is 10.9. The summed E-state index contributed by atoms with van der Waals surface area (Å²) in [7, 11) is 0. The van der Waals surface area contributed by atoms with E-state index in [-0.39, 0.29) is 5.56 Å². The zero-order valence-electron chi connectivity index (χ0n) is 16.3. The van der Waals surface area contributed by atoms with Crippen molar-refractivity contribution in [2.24, 2.45) is 0 Å².